The Hall–Kier alpha value is -1.99. The SMILES string of the molecule is CC.NC1=NC2(c3ccc(F)c(-c4cncnc4)c3)COCC2CS1. The van der Waals surface area contributed by atoms with Gasteiger partial charge in [0.05, 0.1) is 13.2 Å². The zero-order valence-corrected chi connectivity index (χ0v) is 15.1. The molecule has 2 aliphatic heterocycles. The summed E-state index contributed by atoms with van der Waals surface area (Å²) in [5.41, 5.74) is 7.46. The third-order valence-electron chi connectivity index (χ3n) is 4.40. The predicted molar refractivity (Wildman–Crippen MR) is 98.8 cm³/mol. The Morgan fingerprint density at radius 2 is 2.04 bits per heavy atom. The van der Waals surface area contributed by atoms with Crippen molar-refractivity contribution in [1.82, 2.24) is 9.97 Å². The molecule has 132 valence electrons. The van der Waals surface area contributed by atoms with E-state index in [1.165, 1.54) is 12.4 Å². The van der Waals surface area contributed by atoms with E-state index in [4.69, 9.17) is 10.5 Å². The maximum absolute atomic E-state index is 14.3. The van der Waals surface area contributed by atoms with E-state index in [1.807, 2.05) is 19.9 Å². The average molecular weight is 360 g/mol. The zero-order chi connectivity index (χ0) is 17.9. The van der Waals surface area contributed by atoms with E-state index in [-0.39, 0.29) is 11.7 Å². The van der Waals surface area contributed by atoms with Gasteiger partial charge >= 0.3 is 0 Å². The third-order valence-corrected chi connectivity index (χ3v) is 5.35. The van der Waals surface area contributed by atoms with Gasteiger partial charge in [-0.25, -0.2) is 19.4 Å². The molecule has 0 radical (unpaired) electrons. The van der Waals surface area contributed by atoms with Crippen LogP contribution in [-0.4, -0.2) is 34.1 Å². The molecule has 1 fully saturated rings. The van der Waals surface area contributed by atoms with Crippen molar-refractivity contribution in [3.05, 3.63) is 48.3 Å². The Labute approximate surface area is 150 Å². The zero-order valence-electron chi connectivity index (χ0n) is 14.3. The summed E-state index contributed by atoms with van der Waals surface area (Å²) in [5, 5.41) is 0.556. The van der Waals surface area contributed by atoms with Crippen molar-refractivity contribution in [3.63, 3.8) is 0 Å². The van der Waals surface area contributed by atoms with E-state index in [0.717, 1.165) is 11.3 Å². The summed E-state index contributed by atoms with van der Waals surface area (Å²) in [7, 11) is 0. The minimum Gasteiger partial charge on any atom is -0.379 e. The molecule has 7 heteroatoms. The number of benzene rings is 1. The minimum atomic E-state index is -0.520. The molecule has 2 unspecified atom stereocenters. The minimum absolute atomic E-state index is 0.241. The number of hydrogen-bond acceptors (Lipinski definition) is 6. The van der Waals surface area contributed by atoms with Gasteiger partial charge < -0.3 is 10.5 Å². The standard InChI is InChI=1S/C16H15FN4OS.C2H6/c17-14-2-1-11(3-13(14)10-4-19-9-20-5-10)16-8-22-6-12(16)7-23-15(18)21-16;1-2/h1-5,9,12H,6-8H2,(H2,18,21);1-2H3. The van der Waals surface area contributed by atoms with Gasteiger partial charge in [0, 0.05) is 35.2 Å². The summed E-state index contributed by atoms with van der Waals surface area (Å²) < 4.78 is 20.0. The van der Waals surface area contributed by atoms with Crippen molar-refractivity contribution >= 4 is 16.9 Å². The van der Waals surface area contributed by atoms with Gasteiger partial charge in [0.25, 0.3) is 0 Å². The largest absolute Gasteiger partial charge is 0.379 e. The Bertz CT molecular complexity index is 771. The molecule has 3 heterocycles. The normalized spacial score (nSPS) is 24.8. The Kier molecular flexibility index (Phi) is 5.34. The van der Waals surface area contributed by atoms with E-state index in [2.05, 4.69) is 15.0 Å². The first-order valence-electron chi connectivity index (χ1n) is 8.30. The molecule has 2 atom stereocenters. The van der Waals surface area contributed by atoms with Gasteiger partial charge in [0.15, 0.2) is 5.17 Å². The number of thioether (sulfide) groups is 1. The van der Waals surface area contributed by atoms with Crippen molar-refractivity contribution in [3.8, 4) is 11.1 Å². The molecule has 1 aromatic carbocycles. The lowest BCUT2D eigenvalue weighted by molar-refractivity contribution is 0.177. The van der Waals surface area contributed by atoms with Gasteiger partial charge in [-0.3, -0.25) is 0 Å². The van der Waals surface area contributed by atoms with Crippen LogP contribution in [0.15, 0.2) is 41.9 Å². The Balaban J connectivity index is 0.000000880. The van der Waals surface area contributed by atoms with Crippen LogP contribution in [0.3, 0.4) is 0 Å². The molecule has 0 bridgehead atoms. The lowest BCUT2D eigenvalue weighted by Gasteiger charge is -2.34. The predicted octanol–water partition coefficient (Wildman–Crippen LogP) is 3.21. The summed E-state index contributed by atoms with van der Waals surface area (Å²) in [6.07, 6.45) is 4.63. The van der Waals surface area contributed by atoms with Crippen molar-refractivity contribution in [2.24, 2.45) is 16.6 Å². The first-order valence-corrected chi connectivity index (χ1v) is 9.29. The first kappa shape index (κ1) is 17.8. The number of fused-ring (bicyclic) bond motifs is 1. The molecule has 0 aliphatic carbocycles. The van der Waals surface area contributed by atoms with Crippen LogP contribution in [-0.2, 0) is 10.3 Å². The van der Waals surface area contributed by atoms with E-state index in [0.29, 0.717) is 29.5 Å². The quantitative estimate of drug-likeness (QED) is 0.890. The summed E-state index contributed by atoms with van der Waals surface area (Å²) in [6.45, 7) is 5.11. The third kappa shape index (κ3) is 3.26. The smallest absolute Gasteiger partial charge is 0.154 e. The van der Waals surface area contributed by atoms with Gasteiger partial charge in [-0.2, -0.15) is 0 Å². The highest BCUT2D eigenvalue weighted by atomic mass is 32.2. The fraction of sp³-hybridized carbons (Fsp3) is 0.389. The molecule has 1 aromatic heterocycles. The number of aliphatic imine (C=N–C) groups is 1. The topological polar surface area (TPSA) is 73.4 Å². The molecule has 4 rings (SSSR count). The molecule has 1 saturated heterocycles. The van der Waals surface area contributed by atoms with Crippen molar-refractivity contribution in [2.45, 2.75) is 19.4 Å². The molecular formula is C18H21FN4OS. The first-order chi connectivity index (χ1) is 12.2. The van der Waals surface area contributed by atoms with Crippen LogP contribution in [0.4, 0.5) is 4.39 Å². The van der Waals surface area contributed by atoms with Gasteiger partial charge in [-0.15, -0.1) is 0 Å². The van der Waals surface area contributed by atoms with Gasteiger partial charge in [0.1, 0.15) is 17.7 Å². The molecule has 0 spiro atoms. The Morgan fingerprint density at radius 3 is 2.80 bits per heavy atom. The van der Waals surface area contributed by atoms with Crippen LogP contribution < -0.4 is 5.73 Å². The van der Waals surface area contributed by atoms with Crippen molar-refractivity contribution < 1.29 is 9.13 Å². The monoisotopic (exact) mass is 360 g/mol. The van der Waals surface area contributed by atoms with E-state index in [9.17, 15) is 4.39 Å². The van der Waals surface area contributed by atoms with Crippen molar-refractivity contribution in [1.29, 1.82) is 0 Å². The lowest BCUT2D eigenvalue weighted by atomic mass is 9.81. The molecule has 25 heavy (non-hydrogen) atoms. The number of halogens is 1. The number of aromatic nitrogens is 2. The molecule has 2 aromatic rings. The van der Waals surface area contributed by atoms with Crippen LogP contribution >= 0.6 is 11.8 Å². The fourth-order valence-electron chi connectivity index (χ4n) is 3.17. The van der Waals surface area contributed by atoms with Gasteiger partial charge in [-0.1, -0.05) is 31.7 Å². The average Bonchev–Trinajstić information content (AvgIpc) is 3.08. The molecule has 5 nitrogen and oxygen atoms in total. The van der Waals surface area contributed by atoms with Crippen LogP contribution in [0.2, 0.25) is 0 Å². The molecule has 2 N–H and O–H groups in total. The van der Waals surface area contributed by atoms with Crippen LogP contribution in [0.1, 0.15) is 19.4 Å². The summed E-state index contributed by atoms with van der Waals surface area (Å²) in [4.78, 5) is 12.6. The summed E-state index contributed by atoms with van der Waals surface area (Å²) in [6, 6.07) is 5.06. The number of amidine groups is 1. The number of nitrogens with two attached hydrogens (primary N) is 1. The molecular weight excluding hydrogens is 339 g/mol. The lowest BCUT2D eigenvalue weighted by Crippen LogP contribution is -2.39. The number of rotatable bonds is 2. The second kappa shape index (κ2) is 7.49. The molecule has 0 saturated carbocycles. The van der Waals surface area contributed by atoms with Gasteiger partial charge in [-0.05, 0) is 17.7 Å². The highest BCUT2D eigenvalue weighted by Gasteiger charge is 2.48. The summed E-state index contributed by atoms with van der Waals surface area (Å²) >= 11 is 1.55. The number of nitrogens with zero attached hydrogens (tertiary/aromatic N) is 3. The number of hydrogen-bond donors (Lipinski definition) is 1. The second-order valence-electron chi connectivity index (χ2n) is 5.72. The fourth-order valence-corrected chi connectivity index (χ4v) is 4.15. The van der Waals surface area contributed by atoms with E-state index < -0.39 is 5.54 Å². The molecule has 0 amide bonds. The second-order valence-corrected chi connectivity index (χ2v) is 6.76. The number of ether oxygens (including phenoxy) is 1. The molecule has 2 aliphatic rings. The maximum atomic E-state index is 14.3. The maximum Gasteiger partial charge on any atom is 0.154 e. The van der Waals surface area contributed by atoms with Crippen LogP contribution in [0, 0.1) is 11.7 Å². The van der Waals surface area contributed by atoms with E-state index in [1.54, 1.807) is 30.2 Å². The highest BCUT2D eigenvalue weighted by molar-refractivity contribution is 8.13. The Morgan fingerprint density at radius 1 is 1.28 bits per heavy atom. The van der Waals surface area contributed by atoms with Crippen molar-refractivity contribution in [2.75, 3.05) is 19.0 Å². The van der Waals surface area contributed by atoms with Crippen LogP contribution in [0.25, 0.3) is 11.1 Å². The van der Waals surface area contributed by atoms with Crippen LogP contribution in [0.5, 0.6) is 0 Å². The van der Waals surface area contributed by atoms with E-state index >= 15 is 0 Å². The summed E-state index contributed by atoms with van der Waals surface area (Å²) in [5.74, 6) is 0.791. The van der Waals surface area contributed by atoms with Gasteiger partial charge in [0.2, 0.25) is 0 Å². The highest BCUT2D eigenvalue weighted by Crippen LogP contribution is 2.45.